The zero-order chi connectivity index (χ0) is 13.1. The molecule has 19 heavy (non-hydrogen) atoms. The molecule has 2 rings (SSSR count). The van der Waals surface area contributed by atoms with E-state index in [9.17, 15) is 4.79 Å². The summed E-state index contributed by atoms with van der Waals surface area (Å²) in [5.74, 6) is 0.0225. The number of aryl methyl sites for hydroxylation is 1. The Labute approximate surface area is 129 Å². The molecule has 1 saturated heterocycles. The van der Waals surface area contributed by atoms with Crippen molar-refractivity contribution in [2.24, 2.45) is 0 Å². The van der Waals surface area contributed by atoms with E-state index in [1.54, 1.807) is 0 Å². The lowest BCUT2D eigenvalue weighted by Crippen LogP contribution is -2.52. The molecule has 0 bridgehead atoms. The predicted octanol–water partition coefficient (Wildman–Crippen LogP) is 3.05. The van der Waals surface area contributed by atoms with Gasteiger partial charge in [-0.2, -0.15) is 0 Å². The number of nitrogens with one attached hydrogen (secondary N) is 2. The van der Waals surface area contributed by atoms with Gasteiger partial charge in [-0.1, -0.05) is 22.0 Å². The van der Waals surface area contributed by atoms with Crippen molar-refractivity contribution in [2.45, 2.75) is 38.8 Å². The highest BCUT2D eigenvalue weighted by Crippen LogP contribution is 2.17. The Morgan fingerprint density at radius 3 is 2.89 bits per heavy atom. The lowest BCUT2D eigenvalue weighted by Gasteiger charge is -2.30. The number of carbonyl (C=O) groups excluding carboxylic acids is 1. The molecule has 1 aliphatic rings. The fourth-order valence-corrected chi connectivity index (χ4v) is 2.69. The molecule has 1 heterocycles. The van der Waals surface area contributed by atoms with Crippen LogP contribution in [0.5, 0.6) is 0 Å². The smallest absolute Gasteiger partial charge is 0.251 e. The van der Waals surface area contributed by atoms with Crippen molar-refractivity contribution >= 4 is 34.2 Å². The first-order chi connectivity index (χ1) is 8.58. The maximum Gasteiger partial charge on any atom is 0.251 e. The molecule has 1 fully saturated rings. The predicted molar refractivity (Wildman–Crippen MR) is 84.1 cm³/mol. The highest BCUT2D eigenvalue weighted by atomic mass is 79.9. The van der Waals surface area contributed by atoms with Crippen LogP contribution in [0, 0.1) is 6.92 Å². The first-order valence-corrected chi connectivity index (χ1v) is 7.17. The van der Waals surface area contributed by atoms with Gasteiger partial charge in [0.1, 0.15) is 0 Å². The Morgan fingerprint density at radius 1 is 1.47 bits per heavy atom. The summed E-state index contributed by atoms with van der Waals surface area (Å²) in [5.41, 5.74) is 1.76. The molecule has 1 aromatic rings. The molecule has 1 aromatic carbocycles. The van der Waals surface area contributed by atoms with Gasteiger partial charge in [0.05, 0.1) is 0 Å². The minimum Gasteiger partial charge on any atom is -0.348 e. The van der Waals surface area contributed by atoms with Crippen molar-refractivity contribution in [1.29, 1.82) is 0 Å². The van der Waals surface area contributed by atoms with Crippen LogP contribution >= 0.6 is 28.3 Å². The number of hydrogen-bond donors (Lipinski definition) is 2. The normalized spacial score (nSPS) is 22.5. The number of hydrogen-bond acceptors (Lipinski definition) is 2. The highest BCUT2D eigenvalue weighted by Gasteiger charge is 2.23. The van der Waals surface area contributed by atoms with Gasteiger partial charge < -0.3 is 10.6 Å². The second-order valence-corrected chi connectivity index (χ2v) is 5.84. The molecular weight excluding hydrogens is 328 g/mol. The van der Waals surface area contributed by atoms with Crippen molar-refractivity contribution in [3.8, 4) is 0 Å². The summed E-state index contributed by atoms with van der Waals surface area (Å²) < 4.78 is 0.938. The summed E-state index contributed by atoms with van der Waals surface area (Å²) in [6.45, 7) is 5.13. The minimum absolute atomic E-state index is 0. The summed E-state index contributed by atoms with van der Waals surface area (Å²) in [7, 11) is 0. The second kappa shape index (κ2) is 7.27. The summed E-state index contributed by atoms with van der Waals surface area (Å²) in [4.78, 5) is 12.3. The third-order valence-corrected chi connectivity index (χ3v) is 4.02. The Balaban J connectivity index is 0.00000180. The van der Waals surface area contributed by atoms with E-state index in [1.807, 2.05) is 25.1 Å². The van der Waals surface area contributed by atoms with Crippen LogP contribution in [0.1, 0.15) is 35.7 Å². The Hall–Kier alpha value is -0.580. The van der Waals surface area contributed by atoms with Crippen LogP contribution in [0.25, 0.3) is 0 Å². The lowest BCUT2D eigenvalue weighted by atomic mass is 9.99. The third kappa shape index (κ3) is 4.20. The Bertz CT molecular complexity index is 453. The van der Waals surface area contributed by atoms with E-state index in [-0.39, 0.29) is 24.4 Å². The maximum atomic E-state index is 12.3. The third-order valence-electron chi connectivity index (χ3n) is 3.52. The van der Waals surface area contributed by atoms with Crippen LogP contribution in [-0.2, 0) is 0 Å². The summed E-state index contributed by atoms with van der Waals surface area (Å²) in [6.07, 6.45) is 2.17. The van der Waals surface area contributed by atoms with Gasteiger partial charge in [0.2, 0.25) is 0 Å². The molecule has 2 atom stereocenters. The minimum atomic E-state index is 0. The van der Waals surface area contributed by atoms with E-state index in [0.717, 1.165) is 35.0 Å². The zero-order valence-corrected chi connectivity index (χ0v) is 13.6. The van der Waals surface area contributed by atoms with Crippen LogP contribution in [0.2, 0.25) is 0 Å². The first kappa shape index (κ1) is 16.5. The number of benzene rings is 1. The quantitative estimate of drug-likeness (QED) is 0.863. The van der Waals surface area contributed by atoms with Gasteiger partial charge in [-0.05, 0) is 50.9 Å². The topological polar surface area (TPSA) is 41.1 Å². The van der Waals surface area contributed by atoms with Gasteiger partial charge in [-0.3, -0.25) is 4.79 Å². The molecule has 1 amide bonds. The van der Waals surface area contributed by atoms with Gasteiger partial charge in [0.25, 0.3) is 5.91 Å². The van der Waals surface area contributed by atoms with Crippen molar-refractivity contribution in [2.75, 3.05) is 6.54 Å². The molecule has 0 aliphatic carbocycles. The van der Waals surface area contributed by atoms with Gasteiger partial charge >= 0.3 is 0 Å². The molecule has 3 nitrogen and oxygen atoms in total. The fourth-order valence-electron chi connectivity index (χ4n) is 2.33. The van der Waals surface area contributed by atoms with Crippen LogP contribution in [0.15, 0.2) is 22.7 Å². The number of rotatable bonds is 2. The van der Waals surface area contributed by atoms with Crippen LogP contribution in [-0.4, -0.2) is 24.5 Å². The van der Waals surface area contributed by atoms with Crippen LogP contribution < -0.4 is 10.6 Å². The lowest BCUT2D eigenvalue weighted by molar-refractivity contribution is 0.0919. The molecule has 0 aromatic heterocycles. The molecular formula is C14H20BrClN2O. The molecule has 0 spiro atoms. The van der Waals surface area contributed by atoms with Crippen molar-refractivity contribution < 1.29 is 4.79 Å². The molecule has 0 saturated carbocycles. The molecule has 106 valence electrons. The maximum absolute atomic E-state index is 12.3. The summed E-state index contributed by atoms with van der Waals surface area (Å²) in [5, 5.41) is 6.52. The number of piperidine rings is 1. The van der Waals surface area contributed by atoms with E-state index in [4.69, 9.17) is 0 Å². The average Bonchev–Trinajstić information content (AvgIpc) is 2.35. The number of amides is 1. The molecule has 5 heteroatoms. The average molecular weight is 348 g/mol. The fraction of sp³-hybridized carbons (Fsp3) is 0.500. The van der Waals surface area contributed by atoms with E-state index >= 15 is 0 Å². The van der Waals surface area contributed by atoms with Gasteiger partial charge in [0.15, 0.2) is 0 Å². The van der Waals surface area contributed by atoms with Gasteiger partial charge in [-0.15, -0.1) is 12.4 Å². The Morgan fingerprint density at radius 2 is 2.21 bits per heavy atom. The SMILES string of the molecule is Cc1ccc(Br)cc1C(=O)NC1CCCNC1C.Cl. The highest BCUT2D eigenvalue weighted by molar-refractivity contribution is 9.10. The van der Waals surface area contributed by atoms with Crippen molar-refractivity contribution in [3.63, 3.8) is 0 Å². The van der Waals surface area contributed by atoms with E-state index < -0.39 is 0 Å². The summed E-state index contributed by atoms with van der Waals surface area (Å²) in [6, 6.07) is 6.36. The van der Waals surface area contributed by atoms with E-state index in [2.05, 4.69) is 33.5 Å². The molecule has 2 unspecified atom stereocenters. The van der Waals surface area contributed by atoms with Gasteiger partial charge in [-0.25, -0.2) is 0 Å². The van der Waals surface area contributed by atoms with Crippen molar-refractivity contribution in [1.82, 2.24) is 10.6 Å². The second-order valence-electron chi connectivity index (χ2n) is 4.92. The van der Waals surface area contributed by atoms with Crippen LogP contribution in [0.4, 0.5) is 0 Å². The molecule has 0 radical (unpaired) electrons. The largest absolute Gasteiger partial charge is 0.348 e. The Kier molecular flexibility index (Phi) is 6.30. The molecule has 2 N–H and O–H groups in total. The van der Waals surface area contributed by atoms with Crippen molar-refractivity contribution in [3.05, 3.63) is 33.8 Å². The van der Waals surface area contributed by atoms with E-state index in [1.165, 1.54) is 0 Å². The standard InChI is InChI=1S/C14H19BrN2O.ClH/c1-9-5-6-11(15)8-12(9)14(18)17-13-4-3-7-16-10(13)2;/h5-6,8,10,13,16H,3-4,7H2,1-2H3,(H,17,18);1H. The number of halogens is 2. The van der Waals surface area contributed by atoms with Crippen LogP contribution in [0.3, 0.4) is 0 Å². The number of carbonyl (C=O) groups is 1. The zero-order valence-electron chi connectivity index (χ0n) is 11.2. The van der Waals surface area contributed by atoms with Gasteiger partial charge in [0, 0.05) is 22.1 Å². The summed E-state index contributed by atoms with van der Waals surface area (Å²) >= 11 is 3.41. The monoisotopic (exact) mass is 346 g/mol. The van der Waals surface area contributed by atoms with E-state index in [0.29, 0.717) is 6.04 Å². The molecule has 1 aliphatic heterocycles. The first-order valence-electron chi connectivity index (χ1n) is 6.38.